The fraction of sp³-hybridized carbons (Fsp3) is 0.533. The number of morpholine rings is 1. The van der Waals surface area contributed by atoms with E-state index in [1.807, 2.05) is 0 Å². The highest BCUT2D eigenvalue weighted by Crippen LogP contribution is 2.20. The molecule has 2 aromatic rings. The molecule has 2 heterocycles. The van der Waals surface area contributed by atoms with Crippen LogP contribution in [0.4, 0.5) is 0 Å². The monoisotopic (exact) mass is 310 g/mol. The average molecular weight is 311 g/mol. The maximum absolute atomic E-state index is 5.70. The van der Waals surface area contributed by atoms with Gasteiger partial charge in [0.1, 0.15) is 0 Å². The molecule has 1 aliphatic rings. The first-order valence-electron chi connectivity index (χ1n) is 7.30. The lowest BCUT2D eigenvalue weighted by Crippen LogP contribution is -2.45. The van der Waals surface area contributed by atoms with Crippen molar-refractivity contribution in [1.82, 2.24) is 14.7 Å². The molecule has 1 unspecified atom stereocenters. The quantitative estimate of drug-likeness (QED) is 0.933. The van der Waals surface area contributed by atoms with Gasteiger partial charge in [-0.3, -0.25) is 9.58 Å². The number of nitrogens with two attached hydrogens (primary N) is 1. The highest BCUT2D eigenvalue weighted by atomic mass is 35.5. The number of aryl methyl sites for hydroxylation is 1. The van der Waals surface area contributed by atoms with Crippen LogP contribution < -0.4 is 5.73 Å². The van der Waals surface area contributed by atoms with Gasteiger partial charge in [-0.2, -0.15) is 5.10 Å². The molecule has 5 nitrogen and oxygen atoms in total. The third-order valence-corrected chi connectivity index (χ3v) is 3.89. The second-order valence-corrected chi connectivity index (χ2v) is 5.24. The predicted octanol–water partition coefficient (Wildman–Crippen LogP) is 1.64. The van der Waals surface area contributed by atoms with Crippen molar-refractivity contribution in [3.63, 3.8) is 0 Å². The molecule has 6 heteroatoms. The SMILES string of the molecule is CCn1nc(CN2CCOC(CN)C2)c2ccccc21.Cl. The fourth-order valence-electron chi connectivity index (χ4n) is 2.83. The van der Waals surface area contributed by atoms with Crippen LogP contribution in [0.5, 0.6) is 0 Å². The van der Waals surface area contributed by atoms with Crippen LogP contribution in [0.2, 0.25) is 0 Å². The van der Waals surface area contributed by atoms with Gasteiger partial charge in [-0.1, -0.05) is 18.2 Å². The number of hydrogen-bond acceptors (Lipinski definition) is 4. The van der Waals surface area contributed by atoms with Gasteiger partial charge in [0.05, 0.1) is 23.9 Å². The Bertz CT molecular complexity index is 586. The van der Waals surface area contributed by atoms with Crippen molar-refractivity contribution in [2.45, 2.75) is 26.1 Å². The number of halogens is 1. The fourth-order valence-corrected chi connectivity index (χ4v) is 2.83. The molecule has 1 aromatic carbocycles. The molecule has 1 aromatic heterocycles. The number of fused-ring (bicyclic) bond motifs is 1. The lowest BCUT2D eigenvalue weighted by Gasteiger charge is -2.31. The Balaban J connectivity index is 0.00000161. The van der Waals surface area contributed by atoms with Gasteiger partial charge in [0.15, 0.2) is 0 Å². The molecular weight excluding hydrogens is 288 g/mol. The number of aromatic nitrogens is 2. The number of hydrogen-bond donors (Lipinski definition) is 1. The van der Waals surface area contributed by atoms with Crippen LogP contribution in [0.1, 0.15) is 12.6 Å². The molecule has 0 saturated carbocycles. The third-order valence-electron chi connectivity index (χ3n) is 3.89. The number of rotatable bonds is 4. The molecule has 1 aliphatic heterocycles. The van der Waals surface area contributed by atoms with Crippen LogP contribution in [0.3, 0.4) is 0 Å². The summed E-state index contributed by atoms with van der Waals surface area (Å²) in [6, 6.07) is 8.44. The molecule has 0 spiro atoms. The van der Waals surface area contributed by atoms with Crippen molar-refractivity contribution in [2.75, 3.05) is 26.2 Å². The summed E-state index contributed by atoms with van der Waals surface area (Å²) in [6.07, 6.45) is 0.156. The summed E-state index contributed by atoms with van der Waals surface area (Å²) in [6.45, 7) is 7.08. The second-order valence-electron chi connectivity index (χ2n) is 5.24. The molecule has 1 fully saturated rings. The topological polar surface area (TPSA) is 56.3 Å². The smallest absolute Gasteiger partial charge is 0.0843 e. The van der Waals surface area contributed by atoms with E-state index in [9.17, 15) is 0 Å². The molecular formula is C15H23ClN4O. The van der Waals surface area contributed by atoms with Crippen LogP contribution in [0, 0.1) is 0 Å². The van der Waals surface area contributed by atoms with Gasteiger partial charge in [-0.15, -0.1) is 12.4 Å². The summed E-state index contributed by atoms with van der Waals surface area (Å²) in [7, 11) is 0. The van der Waals surface area contributed by atoms with Crippen molar-refractivity contribution >= 4 is 23.3 Å². The van der Waals surface area contributed by atoms with E-state index < -0.39 is 0 Å². The van der Waals surface area contributed by atoms with Crippen molar-refractivity contribution in [3.8, 4) is 0 Å². The number of benzene rings is 1. The normalized spacial score (nSPS) is 19.6. The molecule has 0 bridgehead atoms. The molecule has 0 amide bonds. The maximum atomic E-state index is 5.70. The minimum Gasteiger partial charge on any atom is -0.374 e. The minimum absolute atomic E-state index is 0. The Hall–Kier alpha value is -1.14. The molecule has 0 aliphatic carbocycles. The Kier molecular flexibility index (Phi) is 5.58. The number of para-hydroxylation sites is 1. The van der Waals surface area contributed by atoms with E-state index in [0.29, 0.717) is 6.54 Å². The number of ether oxygens (including phenoxy) is 1. The summed E-state index contributed by atoms with van der Waals surface area (Å²) in [5.74, 6) is 0. The first-order chi connectivity index (χ1) is 9.81. The van der Waals surface area contributed by atoms with Gasteiger partial charge >= 0.3 is 0 Å². The molecule has 1 atom stereocenters. The van der Waals surface area contributed by atoms with E-state index in [2.05, 4.69) is 40.8 Å². The summed E-state index contributed by atoms with van der Waals surface area (Å²) in [5, 5.41) is 6.01. The van der Waals surface area contributed by atoms with Gasteiger partial charge in [0.2, 0.25) is 0 Å². The zero-order valence-electron chi connectivity index (χ0n) is 12.4. The van der Waals surface area contributed by atoms with Crippen LogP contribution in [0.25, 0.3) is 10.9 Å². The van der Waals surface area contributed by atoms with Gasteiger partial charge in [-0.25, -0.2) is 0 Å². The average Bonchev–Trinajstić information content (AvgIpc) is 2.86. The Morgan fingerprint density at radius 3 is 2.95 bits per heavy atom. The second kappa shape index (κ2) is 7.22. The van der Waals surface area contributed by atoms with Crippen LogP contribution in [-0.2, 0) is 17.8 Å². The molecule has 1 saturated heterocycles. The van der Waals surface area contributed by atoms with Gasteiger partial charge in [-0.05, 0) is 13.0 Å². The largest absolute Gasteiger partial charge is 0.374 e. The molecule has 21 heavy (non-hydrogen) atoms. The highest BCUT2D eigenvalue weighted by molar-refractivity contribution is 5.85. The highest BCUT2D eigenvalue weighted by Gasteiger charge is 2.21. The maximum Gasteiger partial charge on any atom is 0.0843 e. The van der Waals surface area contributed by atoms with Crippen molar-refractivity contribution in [2.24, 2.45) is 5.73 Å². The molecule has 3 rings (SSSR count). The van der Waals surface area contributed by atoms with Crippen molar-refractivity contribution in [3.05, 3.63) is 30.0 Å². The first-order valence-corrected chi connectivity index (χ1v) is 7.30. The third kappa shape index (κ3) is 3.37. The molecule has 116 valence electrons. The van der Waals surface area contributed by atoms with Gasteiger partial charge in [0.25, 0.3) is 0 Å². The summed E-state index contributed by atoms with van der Waals surface area (Å²) >= 11 is 0. The molecule has 2 N–H and O–H groups in total. The van der Waals surface area contributed by atoms with Crippen molar-refractivity contribution < 1.29 is 4.74 Å². The van der Waals surface area contributed by atoms with Crippen molar-refractivity contribution in [1.29, 1.82) is 0 Å². The number of nitrogens with zero attached hydrogens (tertiary/aromatic N) is 3. The van der Waals surface area contributed by atoms with Gasteiger partial charge in [0, 0.05) is 38.1 Å². The molecule has 0 radical (unpaired) electrons. The minimum atomic E-state index is 0. The van der Waals surface area contributed by atoms with Gasteiger partial charge < -0.3 is 10.5 Å². The van der Waals surface area contributed by atoms with E-state index in [1.54, 1.807) is 0 Å². The predicted molar refractivity (Wildman–Crippen MR) is 86.7 cm³/mol. The Morgan fingerprint density at radius 1 is 1.38 bits per heavy atom. The van der Waals surface area contributed by atoms with Crippen LogP contribution >= 0.6 is 12.4 Å². The van der Waals surface area contributed by atoms with Crippen LogP contribution in [0.15, 0.2) is 24.3 Å². The summed E-state index contributed by atoms with van der Waals surface area (Å²) < 4.78 is 7.69. The summed E-state index contributed by atoms with van der Waals surface area (Å²) in [5.41, 5.74) is 8.07. The van der Waals surface area contributed by atoms with E-state index in [0.717, 1.165) is 38.5 Å². The van der Waals surface area contributed by atoms with E-state index in [4.69, 9.17) is 15.6 Å². The first kappa shape index (κ1) is 16.2. The lowest BCUT2D eigenvalue weighted by atomic mass is 10.2. The standard InChI is InChI=1S/C15H22N4O.ClH/c1-2-19-15-6-4-3-5-13(15)14(17-19)11-18-7-8-20-12(9-16)10-18;/h3-6,12H,2,7-11,16H2,1H3;1H. The zero-order chi connectivity index (χ0) is 13.9. The van der Waals surface area contributed by atoms with E-state index >= 15 is 0 Å². The zero-order valence-corrected chi connectivity index (χ0v) is 13.2. The van der Waals surface area contributed by atoms with Crippen LogP contribution in [-0.4, -0.2) is 47.0 Å². The Morgan fingerprint density at radius 2 is 2.19 bits per heavy atom. The van der Waals surface area contributed by atoms with E-state index in [1.165, 1.54) is 10.9 Å². The summed E-state index contributed by atoms with van der Waals surface area (Å²) in [4.78, 5) is 2.38. The van der Waals surface area contributed by atoms with E-state index in [-0.39, 0.29) is 18.5 Å². The lowest BCUT2D eigenvalue weighted by molar-refractivity contribution is -0.0263. The Labute approximate surface area is 131 Å².